The summed E-state index contributed by atoms with van der Waals surface area (Å²) in [5, 5.41) is 18.7. The molecule has 0 amide bonds. The number of hydrogen-bond donors (Lipinski definition) is 3. The molecule has 0 spiro atoms. The van der Waals surface area contributed by atoms with Gasteiger partial charge in [-0.3, -0.25) is 9.59 Å². The third-order valence-corrected chi connectivity index (χ3v) is 5.28. The van der Waals surface area contributed by atoms with Gasteiger partial charge in [-0.1, -0.05) is 54.8 Å². The van der Waals surface area contributed by atoms with Crippen LogP contribution in [0.4, 0.5) is 0 Å². The first kappa shape index (κ1) is 20.6. The summed E-state index contributed by atoms with van der Waals surface area (Å²) in [6, 6.07) is 6.42. The van der Waals surface area contributed by atoms with Gasteiger partial charge in [0.25, 0.3) is 0 Å². The first-order valence-corrected chi connectivity index (χ1v) is 8.78. The fraction of sp³-hybridized carbons (Fsp3) is 0.556. The first-order valence-electron chi connectivity index (χ1n) is 7.98. The Bertz CT molecular complexity index is 602. The van der Waals surface area contributed by atoms with E-state index in [9.17, 15) is 14.7 Å². The highest BCUT2D eigenvalue weighted by atomic mass is 79.9. The molecule has 0 bridgehead atoms. The Kier molecular flexibility index (Phi) is 6.98. The van der Waals surface area contributed by atoms with Crippen molar-refractivity contribution < 1.29 is 19.8 Å². The number of halogens is 1. The molecule has 1 rings (SSSR count). The topological polar surface area (TPSA) is 101 Å². The molecule has 2 unspecified atom stereocenters. The van der Waals surface area contributed by atoms with Crippen molar-refractivity contribution in [2.24, 2.45) is 11.1 Å². The van der Waals surface area contributed by atoms with Crippen LogP contribution in [0.2, 0.25) is 0 Å². The summed E-state index contributed by atoms with van der Waals surface area (Å²) in [6.45, 7) is 5.39. The van der Waals surface area contributed by atoms with Crippen LogP contribution in [0.3, 0.4) is 0 Å². The number of unbranched alkanes of at least 4 members (excludes halogenated alkanes) is 1. The Hall–Kier alpha value is -1.40. The van der Waals surface area contributed by atoms with Gasteiger partial charge < -0.3 is 15.9 Å². The number of carboxylic acid groups (broad SMARTS) is 2. The minimum atomic E-state index is -1.01. The number of carboxylic acids is 2. The molecule has 0 saturated heterocycles. The average molecular weight is 400 g/mol. The summed E-state index contributed by atoms with van der Waals surface area (Å²) in [5.74, 6) is -1.87. The maximum Gasteiger partial charge on any atom is 0.321 e. The van der Waals surface area contributed by atoms with E-state index in [1.165, 1.54) is 0 Å². The van der Waals surface area contributed by atoms with Crippen LogP contribution in [-0.2, 0) is 15.0 Å². The molecule has 0 radical (unpaired) electrons. The van der Waals surface area contributed by atoms with Gasteiger partial charge in [-0.2, -0.15) is 0 Å². The minimum Gasteiger partial charge on any atom is -0.481 e. The van der Waals surface area contributed by atoms with E-state index >= 15 is 0 Å². The number of nitrogens with two attached hydrogens (primary N) is 1. The van der Waals surface area contributed by atoms with Crippen LogP contribution in [0.1, 0.15) is 52.0 Å². The molecular weight excluding hydrogens is 374 g/mol. The SMILES string of the molecule is CC(CCCCC(C)(C)C(N)C(=O)O)(C(=O)O)c1cccc(Br)c1. The number of carbonyl (C=O) groups is 2. The van der Waals surface area contributed by atoms with Crippen molar-refractivity contribution in [2.75, 3.05) is 0 Å². The maximum atomic E-state index is 11.8. The molecule has 0 heterocycles. The molecule has 0 fully saturated rings. The van der Waals surface area contributed by atoms with E-state index in [2.05, 4.69) is 15.9 Å². The van der Waals surface area contributed by atoms with Crippen LogP contribution in [0, 0.1) is 5.41 Å². The molecule has 0 aromatic heterocycles. The maximum absolute atomic E-state index is 11.8. The molecule has 6 heteroatoms. The van der Waals surface area contributed by atoms with E-state index < -0.39 is 28.8 Å². The number of rotatable bonds is 9. The Morgan fingerprint density at radius 2 is 1.75 bits per heavy atom. The molecule has 0 aliphatic rings. The van der Waals surface area contributed by atoms with E-state index in [0.29, 0.717) is 19.3 Å². The van der Waals surface area contributed by atoms with Crippen LogP contribution < -0.4 is 5.73 Å². The van der Waals surface area contributed by atoms with E-state index in [4.69, 9.17) is 10.8 Å². The minimum absolute atomic E-state index is 0.483. The van der Waals surface area contributed by atoms with Crippen LogP contribution in [0.25, 0.3) is 0 Å². The highest BCUT2D eigenvalue weighted by Crippen LogP contribution is 2.34. The summed E-state index contributed by atoms with van der Waals surface area (Å²) in [4.78, 5) is 22.8. The zero-order valence-electron chi connectivity index (χ0n) is 14.4. The fourth-order valence-corrected chi connectivity index (χ4v) is 3.15. The summed E-state index contributed by atoms with van der Waals surface area (Å²) in [6.07, 6.45) is 2.53. The molecule has 0 aliphatic heterocycles. The van der Waals surface area contributed by atoms with Crippen molar-refractivity contribution in [1.82, 2.24) is 0 Å². The number of benzene rings is 1. The molecule has 5 nitrogen and oxygen atoms in total. The van der Waals surface area contributed by atoms with Crippen LogP contribution in [0.15, 0.2) is 28.7 Å². The van der Waals surface area contributed by atoms with Gasteiger partial charge in [0.15, 0.2) is 0 Å². The van der Waals surface area contributed by atoms with Gasteiger partial charge in [0.05, 0.1) is 5.41 Å². The van der Waals surface area contributed by atoms with Gasteiger partial charge in [-0.15, -0.1) is 0 Å². The van der Waals surface area contributed by atoms with E-state index in [-0.39, 0.29) is 0 Å². The standard InChI is InChI=1S/C18H26BrNO4/c1-17(2,14(20)15(21)22)9-4-5-10-18(3,16(23)24)12-7-6-8-13(19)11-12/h6-8,11,14H,4-5,9-10,20H2,1-3H3,(H,21,22)(H,23,24). The Labute approximate surface area is 151 Å². The smallest absolute Gasteiger partial charge is 0.321 e. The van der Waals surface area contributed by atoms with Gasteiger partial charge in [0, 0.05) is 4.47 Å². The van der Waals surface area contributed by atoms with Crippen molar-refractivity contribution in [3.63, 3.8) is 0 Å². The van der Waals surface area contributed by atoms with Gasteiger partial charge in [-0.25, -0.2) is 0 Å². The van der Waals surface area contributed by atoms with Crippen molar-refractivity contribution >= 4 is 27.9 Å². The van der Waals surface area contributed by atoms with Gasteiger partial charge in [0.1, 0.15) is 6.04 Å². The predicted octanol–water partition coefficient (Wildman–Crippen LogP) is 3.79. The quantitative estimate of drug-likeness (QED) is 0.548. The average Bonchev–Trinajstić information content (AvgIpc) is 2.50. The van der Waals surface area contributed by atoms with Gasteiger partial charge in [-0.05, 0) is 42.9 Å². The Morgan fingerprint density at radius 1 is 1.17 bits per heavy atom. The molecule has 0 saturated carbocycles. The highest BCUT2D eigenvalue weighted by molar-refractivity contribution is 9.10. The van der Waals surface area contributed by atoms with Crippen LogP contribution >= 0.6 is 15.9 Å². The van der Waals surface area contributed by atoms with Crippen molar-refractivity contribution in [3.05, 3.63) is 34.3 Å². The monoisotopic (exact) mass is 399 g/mol. The van der Waals surface area contributed by atoms with E-state index in [1.807, 2.05) is 38.1 Å². The zero-order chi connectivity index (χ0) is 18.5. The third kappa shape index (κ3) is 5.05. The number of aliphatic carboxylic acids is 2. The largest absolute Gasteiger partial charge is 0.481 e. The summed E-state index contributed by atoms with van der Waals surface area (Å²) in [7, 11) is 0. The summed E-state index contributed by atoms with van der Waals surface area (Å²) in [5.41, 5.74) is 4.98. The van der Waals surface area contributed by atoms with E-state index in [0.717, 1.165) is 16.5 Å². The number of hydrogen-bond acceptors (Lipinski definition) is 3. The normalized spacial score (nSPS) is 15.5. The molecule has 2 atom stereocenters. The third-order valence-electron chi connectivity index (χ3n) is 4.79. The molecule has 4 N–H and O–H groups in total. The molecule has 1 aromatic carbocycles. The van der Waals surface area contributed by atoms with E-state index in [1.54, 1.807) is 6.92 Å². The Balaban J connectivity index is 2.72. The Morgan fingerprint density at radius 3 is 2.25 bits per heavy atom. The summed E-state index contributed by atoms with van der Waals surface area (Å²) < 4.78 is 0.848. The molecule has 24 heavy (non-hydrogen) atoms. The lowest BCUT2D eigenvalue weighted by Gasteiger charge is -2.30. The van der Waals surface area contributed by atoms with Crippen molar-refractivity contribution in [1.29, 1.82) is 0 Å². The second-order valence-corrected chi connectivity index (χ2v) is 8.07. The van der Waals surface area contributed by atoms with Crippen LogP contribution in [0.5, 0.6) is 0 Å². The van der Waals surface area contributed by atoms with Crippen molar-refractivity contribution in [2.45, 2.75) is 57.9 Å². The van der Waals surface area contributed by atoms with Gasteiger partial charge in [0.2, 0.25) is 0 Å². The molecule has 0 aliphatic carbocycles. The second-order valence-electron chi connectivity index (χ2n) is 7.16. The lowest BCUT2D eigenvalue weighted by atomic mass is 9.76. The lowest BCUT2D eigenvalue weighted by molar-refractivity contribution is -0.143. The predicted molar refractivity (Wildman–Crippen MR) is 97.0 cm³/mol. The second kappa shape index (κ2) is 8.12. The highest BCUT2D eigenvalue weighted by Gasteiger charge is 2.36. The van der Waals surface area contributed by atoms with Gasteiger partial charge >= 0.3 is 11.9 Å². The fourth-order valence-electron chi connectivity index (χ4n) is 2.76. The molecular formula is C18H26BrNO4. The zero-order valence-corrected chi connectivity index (χ0v) is 16.0. The summed E-state index contributed by atoms with van der Waals surface area (Å²) >= 11 is 3.38. The first-order chi connectivity index (χ1) is 11.0. The lowest BCUT2D eigenvalue weighted by Crippen LogP contribution is -2.43. The molecule has 1 aromatic rings. The molecule has 134 valence electrons. The van der Waals surface area contributed by atoms with Crippen LogP contribution in [-0.4, -0.2) is 28.2 Å². The van der Waals surface area contributed by atoms with Crippen molar-refractivity contribution in [3.8, 4) is 0 Å².